The number of fused-ring (bicyclic) bond motifs is 1. The largest absolute Gasteiger partial charge is 0.399 e. The van der Waals surface area contributed by atoms with Crippen LogP contribution in [0.2, 0.25) is 0 Å². The molecule has 2 rings (SSSR count). The lowest BCUT2D eigenvalue weighted by Crippen LogP contribution is -2.34. The number of halogens is 1. The Morgan fingerprint density at radius 1 is 1.53 bits per heavy atom. The lowest BCUT2D eigenvalue weighted by Gasteiger charge is -2.13. The highest BCUT2D eigenvalue weighted by atomic mass is 35.5. The molecule has 0 saturated carbocycles. The number of nitrogens with zero attached hydrogens (tertiary/aromatic N) is 1. The first-order valence-electron chi connectivity index (χ1n) is 4.43. The molecule has 1 aliphatic heterocycles. The molecule has 0 aliphatic carbocycles. The van der Waals surface area contributed by atoms with Crippen molar-refractivity contribution in [3.63, 3.8) is 0 Å². The average molecular weight is 225 g/mol. The van der Waals surface area contributed by atoms with E-state index in [1.54, 1.807) is 18.2 Å². The second-order valence-electron chi connectivity index (χ2n) is 3.32. The van der Waals surface area contributed by atoms with Crippen LogP contribution in [0.4, 0.5) is 11.4 Å². The first-order valence-corrected chi connectivity index (χ1v) is 4.97. The zero-order valence-corrected chi connectivity index (χ0v) is 8.62. The Kier molecular flexibility index (Phi) is 2.36. The number of anilines is 2. The molecule has 4 nitrogen and oxygen atoms in total. The number of imide groups is 1. The van der Waals surface area contributed by atoms with Crippen molar-refractivity contribution in [1.82, 2.24) is 0 Å². The molecule has 2 amide bonds. The van der Waals surface area contributed by atoms with E-state index in [1.165, 1.54) is 0 Å². The summed E-state index contributed by atoms with van der Waals surface area (Å²) >= 11 is 5.43. The first-order chi connectivity index (χ1) is 7.13. The number of hydrogen-bond acceptors (Lipinski definition) is 3. The van der Waals surface area contributed by atoms with Crippen LogP contribution in [0.1, 0.15) is 5.56 Å². The molecule has 0 fully saturated rings. The second kappa shape index (κ2) is 3.55. The fraction of sp³-hybridized carbons (Fsp3) is 0.200. The number of hydrogen-bond donors (Lipinski definition) is 1. The molecule has 1 aromatic rings. The minimum absolute atomic E-state index is 0.199. The molecule has 0 bridgehead atoms. The standard InChI is InChI=1S/C10H9ClN2O2/c11-5-10(15)13-8-2-1-7(12)3-6(8)4-9(13)14/h1-3H,4-5,12H2. The summed E-state index contributed by atoms with van der Waals surface area (Å²) in [6, 6.07) is 5.03. The molecular formula is C10H9ClN2O2. The molecule has 0 atom stereocenters. The highest BCUT2D eigenvalue weighted by Gasteiger charge is 2.31. The van der Waals surface area contributed by atoms with Gasteiger partial charge in [-0.15, -0.1) is 11.6 Å². The normalized spacial score (nSPS) is 14.2. The van der Waals surface area contributed by atoms with E-state index >= 15 is 0 Å². The maximum atomic E-state index is 11.5. The van der Waals surface area contributed by atoms with E-state index in [-0.39, 0.29) is 18.2 Å². The van der Waals surface area contributed by atoms with Gasteiger partial charge in [0, 0.05) is 5.69 Å². The number of nitrogen functional groups attached to an aromatic ring is 1. The molecule has 5 heteroatoms. The van der Waals surface area contributed by atoms with Crippen LogP contribution in [0.5, 0.6) is 0 Å². The Hall–Kier alpha value is -1.55. The van der Waals surface area contributed by atoms with Crippen LogP contribution in [0.15, 0.2) is 18.2 Å². The average Bonchev–Trinajstić information content (AvgIpc) is 2.52. The van der Waals surface area contributed by atoms with Gasteiger partial charge in [0.15, 0.2) is 0 Å². The van der Waals surface area contributed by atoms with Crippen molar-refractivity contribution in [3.05, 3.63) is 23.8 Å². The predicted octanol–water partition coefficient (Wildman–Crippen LogP) is 0.923. The topological polar surface area (TPSA) is 63.4 Å². The maximum Gasteiger partial charge on any atom is 0.248 e. The summed E-state index contributed by atoms with van der Waals surface area (Å²) in [5.74, 6) is -0.846. The molecule has 0 spiro atoms. The van der Waals surface area contributed by atoms with Gasteiger partial charge < -0.3 is 5.73 Å². The fourth-order valence-electron chi connectivity index (χ4n) is 1.67. The van der Waals surface area contributed by atoms with Crippen LogP contribution in [-0.2, 0) is 16.0 Å². The van der Waals surface area contributed by atoms with Crippen molar-refractivity contribution in [1.29, 1.82) is 0 Å². The molecule has 1 aliphatic rings. The van der Waals surface area contributed by atoms with Gasteiger partial charge >= 0.3 is 0 Å². The first kappa shape index (κ1) is 9.98. The van der Waals surface area contributed by atoms with Crippen LogP contribution < -0.4 is 10.6 Å². The van der Waals surface area contributed by atoms with Crippen molar-refractivity contribution >= 4 is 34.8 Å². The maximum absolute atomic E-state index is 11.5. The van der Waals surface area contributed by atoms with Gasteiger partial charge in [-0.25, -0.2) is 4.90 Å². The third-order valence-electron chi connectivity index (χ3n) is 2.30. The van der Waals surface area contributed by atoms with Crippen LogP contribution in [-0.4, -0.2) is 17.7 Å². The van der Waals surface area contributed by atoms with Gasteiger partial charge in [0.05, 0.1) is 12.1 Å². The number of benzene rings is 1. The molecule has 1 heterocycles. The van der Waals surface area contributed by atoms with Gasteiger partial charge in [-0.3, -0.25) is 9.59 Å². The number of carbonyl (C=O) groups excluding carboxylic acids is 2. The van der Waals surface area contributed by atoms with Gasteiger partial charge in [0.25, 0.3) is 0 Å². The minimum Gasteiger partial charge on any atom is -0.399 e. The van der Waals surface area contributed by atoms with E-state index in [1.807, 2.05) is 0 Å². The number of carbonyl (C=O) groups is 2. The fourth-order valence-corrected chi connectivity index (χ4v) is 1.79. The summed E-state index contributed by atoms with van der Waals surface area (Å²) in [6.07, 6.45) is 0.211. The van der Waals surface area contributed by atoms with Crippen molar-refractivity contribution in [2.24, 2.45) is 0 Å². The van der Waals surface area contributed by atoms with Crippen LogP contribution >= 0.6 is 11.6 Å². The molecule has 0 aromatic heterocycles. The number of amides is 2. The summed E-state index contributed by atoms with van der Waals surface area (Å²) in [4.78, 5) is 24.1. The smallest absolute Gasteiger partial charge is 0.248 e. The van der Waals surface area contributed by atoms with E-state index in [0.717, 1.165) is 10.5 Å². The molecule has 0 saturated heterocycles. The molecule has 0 radical (unpaired) electrons. The van der Waals surface area contributed by atoms with Gasteiger partial charge in [0.1, 0.15) is 5.88 Å². The van der Waals surface area contributed by atoms with E-state index in [2.05, 4.69) is 0 Å². The zero-order chi connectivity index (χ0) is 11.0. The van der Waals surface area contributed by atoms with Gasteiger partial charge in [0.2, 0.25) is 11.8 Å². The third kappa shape index (κ3) is 1.57. The number of rotatable bonds is 1. The third-order valence-corrected chi connectivity index (χ3v) is 2.53. The summed E-state index contributed by atoms with van der Waals surface area (Å²) in [5, 5.41) is 0. The SMILES string of the molecule is Nc1ccc2c(c1)CC(=O)N2C(=O)CCl. The Bertz CT molecular complexity index is 445. The minimum atomic E-state index is -0.398. The quantitative estimate of drug-likeness (QED) is 0.570. The highest BCUT2D eigenvalue weighted by Crippen LogP contribution is 2.30. The van der Waals surface area contributed by atoms with Crippen LogP contribution in [0.3, 0.4) is 0 Å². The lowest BCUT2D eigenvalue weighted by molar-refractivity contribution is -0.124. The van der Waals surface area contributed by atoms with Gasteiger partial charge in [-0.1, -0.05) is 0 Å². The summed E-state index contributed by atoms with van der Waals surface area (Å²) < 4.78 is 0. The zero-order valence-electron chi connectivity index (χ0n) is 7.87. The second-order valence-corrected chi connectivity index (χ2v) is 3.59. The van der Waals surface area contributed by atoms with E-state index < -0.39 is 5.91 Å². The van der Waals surface area contributed by atoms with Gasteiger partial charge in [-0.05, 0) is 23.8 Å². The van der Waals surface area contributed by atoms with Crippen molar-refractivity contribution in [3.8, 4) is 0 Å². The summed E-state index contributed by atoms with van der Waals surface area (Å²) in [7, 11) is 0. The van der Waals surface area contributed by atoms with E-state index in [4.69, 9.17) is 17.3 Å². The molecule has 0 unspecified atom stereocenters. The molecular weight excluding hydrogens is 216 g/mol. The molecule has 2 N–H and O–H groups in total. The Morgan fingerprint density at radius 2 is 2.27 bits per heavy atom. The van der Waals surface area contributed by atoms with Crippen LogP contribution in [0.25, 0.3) is 0 Å². The summed E-state index contributed by atoms with van der Waals surface area (Å²) in [5.41, 5.74) is 7.55. The molecule has 1 aromatic carbocycles. The Labute approximate surface area is 91.6 Å². The van der Waals surface area contributed by atoms with Crippen molar-refractivity contribution in [2.45, 2.75) is 6.42 Å². The predicted molar refractivity (Wildman–Crippen MR) is 57.8 cm³/mol. The molecule has 78 valence electrons. The van der Waals surface area contributed by atoms with Crippen molar-refractivity contribution < 1.29 is 9.59 Å². The Balaban J connectivity index is 2.46. The van der Waals surface area contributed by atoms with E-state index in [0.29, 0.717) is 11.4 Å². The van der Waals surface area contributed by atoms with Gasteiger partial charge in [-0.2, -0.15) is 0 Å². The Morgan fingerprint density at radius 3 is 2.93 bits per heavy atom. The highest BCUT2D eigenvalue weighted by molar-refractivity contribution is 6.33. The molecule has 15 heavy (non-hydrogen) atoms. The number of alkyl halides is 1. The van der Waals surface area contributed by atoms with Crippen molar-refractivity contribution in [2.75, 3.05) is 16.5 Å². The lowest BCUT2D eigenvalue weighted by atomic mass is 10.1. The summed E-state index contributed by atoms with van der Waals surface area (Å²) in [6.45, 7) is 0. The number of nitrogens with two attached hydrogens (primary N) is 1. The van der Waals surface area contributed by atoms with Crippen LogP contribution in [0, 0.1) is 0 Å². The monoisotopic (exact) mass is 224 g/mol. The van der Waals surface area contributed by atoms with E-state index in [9.17, 15) is 9.59 Å².